The van der Waals surface area contributed by atoms with Crippen LogP contribution in [0.1, 0.15) is 19.8 Å². The normalized spacial score (nSPS) is 33.1. The third-order valence-electron chi connectivity index (χ3n) is 3.79. The average molecular weight is 331 g/mol. The molecule has 1 aromatic heterocycles. The van der Waals surface area contributed by atoms with Gasteiger partial charge in [0.15, 0.2) is 5.82 Å². The highest BCUT2D eigenvalue weighted by molar-refractivity contribution is 9.10. The maximum absolute atomic E-state index is 12.1. The van der Waals surface area contributed by atoms with Crippen LogP contribution >= 0.6 is 27.5 Å². The Hall–Kier alpha value is -0.650. The minimum Gasteiger partial charge on any atom is -0.308 e. The number of rotatable bonds is 2. The first-order valence-electron chi connectivity index (χ1n) is 5.87. The molecule has 2 aliphatic rings. The molecule has 2 fully saturated rings. The molecule has 4 nitrogen and oxygen atoms in total. The van der Waals surface area contributed by atoms with Crippen molar-refractivity contribution in [2.75, 3.05) is 5.32 Å². The van der Waals surface area contributed by atoms with Crippen molar-refractivity contribution in [1.82, 2.24) is 10.3 Å². The summed E-state index contributed by atoms with van der Waals surface area (Å²) in [7, 11) is 0. The molecule has 96 valence electrons. The van der Waals surface area contributed by atoms with Gasteiger partial charge in [-0.1, -0.05) is 18.5 Å². The van der Waals surface area contributed by atoms with E-state index in [-0.39, 0.29) is 11.9 Å². The van der Waals surface area contributed by atoms with E-state index < -0.39 is 0 Å². The molecule has 0 radical (unpaired) electrons. The van der Waals surface area contributed by atoms with Crippen LogP contribution in [0.4, 0.5) is 5.82 Å². The molecule has 3 unspecified atom stereocenters. The molecular formula is C12H13BrClN3O. The second-order valence-electron chi connectivity index (χ2n) is 5.29. The molecule has 1 saturated carbocycles. The summed E-state index contributed by atoms with van der Waals surface area (Å²) in [6, 6.07) is 3.81. The lowest BCUT2D eigenvalue weighted by Crippen LogP contribution is -2.38. The molecular weight excluding hydrogens is 318 g/mol. The summed E-state index contributed by atoms with van der Waals surface area (Å²) in [5.41, 5.74) is 0.316. The van der Waals surface area contributed by atoms with Crippen LogP contribution < -0.4 is 10.6 Å². The van der Waals surface area contributed by atoms with Crippen molar-refractivity contribution in [1.29, 1.82) is 0 Å². The van der Waals surface area contributed by atoms with Crippen LogP contribution in [0.3, 0.4) is 0 Å². The van der Waals surface area contributed by atoms with E-state index in [1.165, 1.54) is 6.42 Å². The maximum atomic E-state index is 12.1. The van der Waals surface area contributed by atoms with Gasteiger partial charge in [0.05, 0.1) is 11.1 Å². The number of aromatic nitrogens is 1. The Labute approximate surface area is 119 Å². The van der Waals surface area contributed by atoms with Crippen molar-refractivity contribution in [2.45, 2.75) is 31.8 Å². The fourth-order valence-electron chi connectivity index (χ4n) is 2.54. The molecule has 6 heteroatoms. The number of pyridine rings is 1. The third-order valence-corrected chi connectivity index (χ3v) is 4.54. The van der Waals surface area contributed by atoms with E-state index in [2.05, 4.69) is 38.5 Å². The van der Waals surface area contributed by atoms with Crippen LogP contribution in [0.2, 0.25) is 5.02 Å². The van der Waals surface area contributed by atoms with Crippen molar-refractivity contribution in [2.24, 2.45) is 5.41 Å². The van der Waals surface area contributed by atoms with E-state index in [0.717, 1.165) is 6.42 Å². The van der Waals surface area contributed by atoms with Gasteiger partial charge in [0.1, 0.15) is 4.60 Å². The molecule has 1 aromatic rings. The molecule has 0 aromatic carbocycles. The Kier molecular flexibility index (Phi) is 2.88. The minimum atomic E-state index is -0.134. The van der Waals surface area contributed by atoms with Gasteiger partial charge in [-0.25, -0.2) is 4.98 Å². The van der Waals surface area contributed by atoms with Gasteiger partial charge in [-0.15, -0.1) is 0 Å². The Morgan fingerprint density at radius 3 is 3.06 bits per heavy atom. The molecule has 1 amide bonds. The number of amides is 1. The summed E-state index contributed by atoms with van der Waals surface area (Å²) in [6.45, 7) is 2.21. The van der Waals surface area contributed by atoms with Crippen molar-refractivity contribution in [3.05, 3.63) is 21.8 Å². The summed E-state index contributed by atoms with van der Waals surface area (Å²) in [6.07, 6.45) is 2.06. The minimum absolute atomic E-state index is 0.0593. The monoisotopic (exact) mass is 329 g/mol. The maximum Gasteiger partial charge on any atom is 0.242 e. The molecule has 3 atom stereocenters. The lowest BCUT2D eigenvalue weighted by atomic mass is 10.0. The van der Waals surface area contributed by atoms with Crippen LogP contribution in [-0.4, -0.2) is 23.0 Å². The number of carbonyl (C=O) groups is 1. The first-order chi connectivity index (χ1) is 8.48. The van der Waals surface area contributed by atoms with Crippen LogP contribution in [0.15, 0.2) is 16.7 Å². The fourth-order valence-corrected chi connectivity index (χ4v) is 3.00. The summed E-state index contributed by atoms with van der Waals surface area (Å²) in [4.78, 5) is 16.3. The predicted molar refractivity (Wildman–Crippen MR) is 73.6 cm³/mol. The van der Waals surface area contributed by atoms with Crippen LogP contribution in [-0.2, 0) is 4.79 Å². The second-order valence-corrected chi connectivity index (χ2v) is 6.51. The summed E-state index contributed by atoms with van der Waals surface area (Å²) < 4.78 is 0.649. The predicted octanol–water partition coefficient (Wildman–Crippen LogP) is 2.58. The molecule has 0 bridgehead atoms. The standard InChI is InChI=1S/C12H13BrClN3O/c1-12-4-7(15-8(12)5-12)11(18)17-10-6(14)2-3-9(13)16-10/h2-3,7-8,15H,4-5H2,1H3,(H,16,17,18). The van der Waals surface area contributed by atoms with Crippen LogP contribution in [0, 0.1) is 5.41 Å². The van der Waals surface area contributed by atoms with E-state index in [9.17, 15) is 4.79 Å². The Bertz CT molecular complexity index is 524. The number of piperidine rings is 1. The molecule has 3 rings (SSSR count). The van der Waals surface area contributed by atoms with Gasteiger partial charge in [-0.3, -0.25) is 4.79 Å². The zero-order chi connectivity index (χ0) is 12.9. The van der Waals surface area contributed by atoms with Gasteiger partial charge in [0.25, 0.3) is 0 Å². The number of halogens is 2. The first kappa shape index (κ1) is 12.4. The summed E-state index contributed by atoms with van der Waals surface area (Å²) >= 11 is 9.25. The molecule has 1 aliphatic carbocycles. The van der Waals surface area contributed by atoms with Crippen molar-refractivity contribution >= 4 is 39.3 Å². The van der Waals surface area contributed by atoms with Crippen LogP contribution in [0.5, 0.6) is 0 Å². The lowest BCUT2D eigenvalue weighted by Gasteiger charge is -2.14. The van der Waals surface area contributed by atoms with E-state index in [0.29, 0.717) is 26.9 Å². The smallest absolute Gasteiger partial charge is 0.242 e. The van der Waals surface area contributed by atoms with E-state index in [4.69, 9.17) is 11.6 Å². The van der Waals surface area contributed by atoms with Gasteiger partial charge in [-0.2, -0.15) is 0 Å². The number of carbonyl (C=O) groups excluding carboxylic acids is 1. The van der Waals surface area contributed by atoms with Crippen molar-refractivity contribution in [3.63, 3.8) is 0 Å². The van der Waals surface area contributed by atoms with Crippen molar-refractivity contribution < 1.29 is 4.79 Å². The Morgan fingerprint density at radius 2 is 2.39 bits per heavy atom. The summed E-state index contributed by atoms with van der Waals surface area (Å²) in [5, 5.41) is 6.55. The van der Waals surface area contributed by atoms with Gasteiger partial charge in [-0.05, 0) is 46.3 Å². The highest BCUT2D eigenvalue weighted by Gasteiger charge is 2.58. The fraction of sp³-hybridized carbons (Fsp3) is 0.500. The zero-order valence-corrected chi connectivity index (χ0v) is 12.2. The highest BCUT2D eigenvalue weighted by atomic mass is 79.9. The first-order valence-corrected chi connectivity index (χ1v) is 7.04. The molecule has 2 heterocycles. The molecule has 1 saturated heterocycles. The number of anilines is 1. The third kappa shape index (κ3) is 2.15. The highest BCUT2D eigenvalue weighted by Crippen LogP contribution is 2.53. The quantitative estimate of drug-likeness (QED) is 0.820. The van der Waals surface area contributed by atoms with Crippen LogP contribution in [0.25, 0.3) is 0 Å². The number of hydrogen-bond donors (Lipinski definition) is 2. The number of nitrogens with one attached hydrogen (secondary N) is 2. The topological polar surface area (TPSA) is 54.0 Å². The number of nitrogens with zero attached hydrogens (tertiary/aromatic N) is 1. The van der Waals surface area contributed by atoms with Gasteiger partial charge >= 0.3 is 0 Å². The van der Waals surface area contributed by atoms with Gasteiger partial charge < -0.3 is 10.6 Å². The molecule has 1 aliphatic heterocycles. The molecule has 0 spiro atoms. The Balaban J connectivity index is 1.69. The van der Waals surface area contributed by atoms with E-state index >= 15 is 0 Å². The second kappa shape index (κ2) is 4.18. The van der Waals surface area contributed by atoms with E-state index in [1.54, 1.807) is 12.1 Å². The van der Waals surface area contributed by atoms with E-state index in [1.807, 2.05) is 0 Å². The number of hydrogen-bond acceptors (Lipinski definition) is 3. The average Bonchev–Trinajstić information content (AvgIpc) is 2.82. The summed E-state index contributed by atoms with van der Waals surface area (Å²) in [5.74, 6) is 0.347. The lowest BCUT2D eigenvalue weighted by molar-refractivity contribution is -0.118. The van der Waals surface area contributed by atoms with Crippen molar-refractivity contribution in [3.8, 4) is 0 Å². The SMILES string of the molecule is CC12CC(C(=O)Nc3nc(Br)ccc3Cl)NC1C2. The van der Waals surface area contributed by atoms with Gasteiger partial charge in [0, 0.05) is 6.04 Å². The number of fused-ring (bicyclic) bond motifs is 1. The Morgan fingerprint density at radius 1 is 1.61 bits per heavy atom. The molecule has 18 heavy (non-hydrogen) atoms. The zero-order valence-electron chi connectivity index (χ0n) is 9.84. The molecule has 2 N–H and O–H groups in total. The van der Waals surface area contributed by atoms with Gasteiger partial charge in [0.2, 0.25) is 5.91 Å². The largest absolute Gasteiger partial charge is 0.308 e.